The molecule has 182 valence electrons. The van der Waals surface area contributed by atoms with E-state index >= 15 is 0 Å². The van der Waals surface area contributed by atoms with Crippen LogP contribution >= 0.6 is 11.3 Å². The molecule has 1 aromatic heterocycles. The molecule has 1 aliphatic rings. The van der Waals surface area contributed by atoms with Crippen molar-refractivity contribution in [1.29, 1.82) is 0 Å². The Hall–Kier alpha value is -4.04. The Bertz CT molecular complexity index is 1370. The standard InChI is InChI=1S/C28H25N3O4S/c1-34-21-13-11-20(12-14-21)24-17-23(19-7-3-2-4-8-19)30-31(24)27(32)18-35-28(33)16-15-26-29-22-9-5-6-10-25(22)36-26/h2-14,24H,15-18H2,1H3/t24-/m1/s1. The highest BCUT2D eigenvalue weighted by atomic mass is 32.1. The van der Waals surface area contributed by atoms with Crippen LogP contribution in [0.5, 0.6) is 5.75 Å². The van der Waals surface area contributed by atoms with Crippen molar-refractivity contribution in [1.82, 2.24) is 9.99 Å². The quantitative estimate of drug-likeness (QED) is 0.313. The zero-order valence-corrected chi connectivity index (χ0v) is 20.6. The van der Waals surface area contributed by atoms with Crippen LogP contribution in [-0.4, -0.2) is 41.3 Å². The first-order valence-electron chi connectivity index (χ1n) is 11.7. The molecule has 0 saturated heterocycles. The zero-order chi connectivity index (χ0) is 24.9. The molecule has 0 aliphatic carbocycles. The topological polar surface area (TPSA) is 81.1 Å². The summed E-state index contributed by atoms with van der Waals surface area (Å²) in [5, 5.41) is 6.93. The molecule has 0 saturated carbocycles. The normalized spacial score (nSPS) is 15.1. The van der Waals surface area contributed by atoms with Gasteiger partial charge in [0.1, 0.15) is 5.75 Å². The summed E-state index contributed by atoms with van der Waals surface area (Å²) in [5.41, 5.74) is 3.62. The third-order valence-electron chi connectivity index (χ3n) is 6.01. The summed E-state index contributed by atoms with van der Waals surface area (Å²) in [5.74, 6) is -0.0639. The van der Waals surface area contributed by atoms with Crippen molar-refractivity contribution in [3.05, 3.63) is 95.0 Å². The van der Waals surface area contributed by atoms with E-state index in [4.69, 9.17) is 9.47 Å². The summed E-state index contributed by atoms with van der Waals surface area (Å²) in [7, 11) is 1.61. The van der Waals surface area contributed by atoms with Gasteiger partial charge in [-0.2, -0.15) is 5.10 Å². The molecule has 0 N–H and O–H groups in total. The predicted octanol–water partition coefficient (Wildman–Crippen LogP) is 5.16. The Kier molecular flexibility index (Phi) is 7.04. The lowest BCUT2D eigenvalue weighted by Gasteiger charge is -2.22. The summed E-state index contributed by atoms with van der Waals surface area (Å²) >= 11 is 1.56. The van der Waals surface area contributed by atoms with Gasteiger partial charge in [0.15, 0.2) is 6.61 Å². The highest BCUT2D eigenvalue weighted by Gasteiger charge is 2.33. The number of carbonyl (C=O) groups is 2. The van der Waals surface area contributed by atoms with Crippen LogP contribution in [0.2, 0.25) is 0 Å². The number of thiazole rings is 1. The molecule has 2 heterocycles. The zero-order valence-electron chi connectivity index (χ0n) is 19.8. The number of amides is 1. The van der Waals surface area contributed by atoms with Gasteiger partial charge in [-0.25, -0.2) is 9.99 Å². The first-order valence-corrected chi connectivity index (χ1v) is 12.5. The van der Waals surface area contributed by atoms with E-state index in [2.05, 4.69) is 10.1 Å². The van der Waals surface area contributed by atoms with Gasteiger partial charge in [0, 0.05) is 12.8 Å². The third kappa shape index (κ3) is 5.28. The van der Waals surface area contributed by atoms with Gasteiger partial charge in [0.25, 0.3) is 5.91 Å². The van der Waals surface area contributed by atoms with Gasteiger partial charge in [0.05, 0.1) is 40.5 Å². The van der Waals surface area contributed by atoms with Crippen molar-refractivity contribution >= 4 is 39.1 Å². The molecule has 4 aromatic rings. The average molecular weight is 500 g/mol. The van der Waals surface area contributed by atoms with E-state index in [9.17, 15) is 9.59 Å². The lowest BCUT2D eigenvalue weighted by atomic mass is 9.98. The Morgan fingerprint density at radius 3 is 2.50 bits per heavy atom. The Labute approximate surface area is 213 Å². The number of nitrogens with zero attached hydrogens (tertiary/aromatic N) is 3. The lowest BCUT2D eigenvalue weighted by Crippen LogP contribution is -2.31. The molecule has 0 bridgehead atoms. The second-order valence-electron chi connectivity index (χ2n) is 8.38. The van der Waals surface area contributed by atoms with Gasteiger partial charge >= 0.3 is 5.97 Å². The molecular formula is C28H25N3O4S. The maximum Gasteiger partial charge on any atom is 0.306 e. The van der Waals surface area contributed by atoms with Gasteiger partial charge < -0.3 is 9.47 Å². The first kappa shape index (κ1) is 23.7. The minimum Gasteiger partial charge on any atom is -0.497 e. The van der Waals surface area contributed by atoms with E-state index in [1.54, 1.807) is 18.4 Å². The average Bonchev–Trinajstić information content (AvgIpc) is 3.56. The molecular weight excluding hydrogens is 474 g/mol. The number of aryl methyl sites for hydroxylation is 1. The molecule has 1 aliphatic heterocycles. The van der Waals surface area contributed by atoms with Crippen molar-refractivity contribution in [3.63, 3.8) is 0 Å². The van der Waals surface area contributed by atoms with Crippen LogP contribution in [0, 0.1) is 0 Å². The number of methoxy groups -OCH3 is 1. The van der Waals surface area contributed by atoms with E-state index in [0.29, 0.717) is 12.8 Å². The molecule has 36 heavy (non-hydrogen) atoms. The molecule has 7 nitrogen and oxygen atoms in total. The second kappa shape index (κ2) is 10.7. The van der Waals surface area contributed by atoms with Crippen molar-refractivity contribution in [2.24, 2.45) is 5.10 Å². The van der Waals surface area contributed by atoms with Crippen LogP contribution in [0.25, 0.3) is 10.2 Å². The highest BCUT2D eigenvalue weighted by Crippen LogP contribution is 2.33. The van der Waals surface area contributed by atoms with Gasteiger partial charge in [-0.15, -0.1) is 11.3 Å². The van der Waals surface area contributed by atoms with Crippen LogP contribution < -0.4 is 4.74 Å². The number of carbonyl (C=O) groups excluding carboxylic acids is 2. The van der Waals surface area contributed by atoms with Crippen LogP contribution in [0.1, 0.15) is 35.0 Å². The van der Waals surface area contributed by atoms with Crippen molar-refractivity contribution in [2.45, 2.75) is 25.3 Å². The molecule has 0 spiro atoms. The summed E-state index contributed by atoms with van der Waals surface area (Å²) in [6.07, 6.45) is 1.20. The number of ether oxygens (including phenoxy) is 2. The van der Waals surface area contributed by atoms with E-state index < -0.39 is 5.97 Å². The van der Waals surface area contributed by atoms with Crippen LogP contribution in [0.15, 0.2) is 84.0 Å². The molecule has 1 atom stereocenters. The van der Waals surface area contributed by atoms with Gasteiger partial charge in [0.2, 0.25) is 0 Å². The van der Waals surface area contributed by atoms with E-state index in [1.807, 2.05) is 78.9 Å². The smallest absolute Gasteiger partial charge is 0.306 e. The van der Waals surface area contributed by atoms with Crippen LogP contribution in [0.3, 0.4) is 0 Å². The number of aromatic nitrogens is 1. The van der Waals surface area contributed by atoms with E-state index in [0.717, 1.165) is 37.8 Å². The maximum absolute atomic E-state index is 13.1. The number of para-hydroxylation sites is 1. The fourth-order valence-corrected chi connectivity index (χ4v) is 5.11. The number of rotatable bonds is 8. The monoisotopic (exact) mass is 499 g/mol. The van der Waals surface area contributed by atoms with Crippen molar-refractivity contribution in [3.8, 4) is 5.75 Å². The number of fused-ring (bicyclic) bond motifs is 1. The van der Waals surface area contributed by atoms with Crippen molar-refractivity contribution < 1.29 is 19.1 Å². The molecule has 8 heteroatoms. The highest BCUT2D eigenvalue weighted by molar-refractivity contribution is 7.18. The van der Waals surface area contributed by atoms with Crippen LogP contribution in [-0.2, 0) is 20.7 Å². The number of hydrazone groups is 1. The second-order valence-corrected chi connectivity index (χ2v) is 9.50. The molecule has 1 amide bonds. The third-order valence-corrected chi connectivity index (χ3v) is 7.11. The first-order chi connectivity index (χ1) is 17.6. The molecule has 3 aromatic carbocycles. The largest absolute Gasteiger partial charge is 0.497 e. The van der Waals surface area contributed by atoms with Crippen LogP contribution in [0.4, 0.5) is 0 Å². The lowest BCUT2D eigenvalue weighted by molar-refractivity contribution is -0.152. The number of hydrogen-bond donors (Lipinski definition) is 0. The Morgan fingerprint density at radius 2 is 1.75 bits per heavy atom. The maximum atomic E-state index is 13.1. The number of benzene rings is 3. The Morgan fingerprint density at radius 1 is 1.00 bits per heavy atom. The number of esters is 1. The van der Waals surface area contributed by atoms with E-state index in [-0.39, 0.29) is 25.0 Å². The predicted molar refractivity (Wildman–Crippen MR) is 139 cm³/mol. The summed E-state index contributed by atoms with van der Waals surface area (Å²) in [6, 6.07) is 24.9. The van der Waals surface area contributed by atoms with Gasteiger partial charge in [-0.1, -0.05) is 54.6 Å². The van der Waals surface area contributed by atoms with Gasteiger partial charge in [-0.3, -0.25) is 9.59 Å². The molecule has 5 rings (SSSR count). The summed E-state index contributed by atoms with van der Waals surface area (Å²) in [4.78, 5) is 30.1. The molecule has 0 radical (unpaired) electrons. The summed E-state index contributed by atoms with van der Waals surface area (Å²) < 4.78 is 11.7. The summed E-state index contributed by atoms with van der Waals surface area (Å²) in [6.45, 7) is -0.364. The minimum absolute atomic E-state index is 0.160. The molecule has 0 unspecified atom stereocenters. The minimum atomic E-state index is -0.435. The van der Waals surface area contributed by atoms with Gasteiger partial charge in [-0.05, 0) is 35.4 Å². The fourth-order valence-electron chi connectivity index (χ4n) is 4.15. The SMILES string of the molecule is COc1ccc([C@H]2CC(c3ccccc3)=NN2C(=O)COC(=O)CCc2nc3ccccc3s2)cc1. The molecule has 0 fully saturated rings. The fraction of sp³-hybridized carbons (Fsp3) is 0.214. The van der Waals surface area contributed by atoms with E-state index in [1.165, 1.54) is 5.01 Å². The Balaban J connectivity index is 1.24. The number of hydrogen-bond acceptors (Lipinski definition) is 7. The van der Waals surface area contributed by atoms with Crippen molar-refractivity contribution in [2.75, 3.05) is 13.7 Å².